The first-order chi connectivity index (χ1) is 11.1. The van der Waals surface area contributed by atoms with Gasteiger partial charge in [-0.05, 0) is 18.9 Å². The number of hydrogen-bond acceptors (Lipinski definition) is 4. The highest BCUT2D eigenvalue weighted by atomic mass is 19.1. The Bertz CT molecular complexity index is 538. The molecule has 2 heterocycles. The molecule has 0 amide bonds. The summed E-state index contributed by atoms with van der Waals surface area (Å²) in [7, 11) is 0. The van der Waals surface area contributed by atoms with Crippen molar-refractivity contribution in [2.75, 3.05) is 39.4 Å². The number of morpholine rings is 1. The van der Waals surface area contributed by atoms with Gasteiger partial charge in [0.25, 0.3) is 0 Å². The number of piperidine rings is 1. The van der Waals surface area contributed by atoms with Crippen molar-refractivity contribution in [3.05, 3.63) is 34.9 Å². The van der Waals surface area contributed by atoms with Crippen LogP contribution in [0.4, 0.5) is 8.78 Å². The van der Waals surface area contributed by atoms with Gasteiger partial charge < -0.3 is 15.2 Å². The Balaban J connectivity index is 1.63. The summed E-state index contributed by atoms with van der Waals surface area (Å²) >= 11 is 0. The second kappa shape index (κ2) is 7.21. The molecular formula is C17H24F2N2O2. The van der Waals surface area contributed by atoms with Gasteiger partial charge in [-0.1, -0.05) is 6.07 Å². The number of halogens is 2. The van der Waals surface area contributed by atoms with E-state index in [4.69, 9.17) is 9.84 Å². The first-order valence-corrected chi connectivity index (χ1v) is 8.27. The van der Waals surface area contributed by atoms with E-state index in [-0.39, 0.29) is 24.2 Å². The van der Waals surface area contributed by atoms with E-state index in [9.17, 15) is 8.78 Å². The van der Waals surface area contributed by atoms with Crippen molar-refractivity contribution >= 4 is 0 Å². The molecule has 4 nitrogen and oxygen atoms in total. The van der Waals surface area contributed by atoms with Crippen LogP contribution in [0.25, 0.3) is 0 Å². The van der Waals surface area contributed by atoms with Crippen molar-refractivity contribution in [2.45, 2.75) is 31.4 Å². The van der Waals surface area contributed by atoms with E-state index in [0.717, 1.165) is 45.6 Å². The summed E-state index contributed by atoms with van der Waals surface area (Å²) in [5.74, 6) is -1.10. The standard InChI is InChI=1S/C17H24F2N2O2/c18-15-2-1-13(16(19)14(15)3-9-22)11-21-7-4-17(5-8-21)12-20-6-10-23-17/h1-2,20,22H,3-12H2. The Hall–Kier alpha value is -1.08. The molecule has 2 aliphatic heterocycles. The monoisotopic (exact) mass is 326 g/mol. The first kappa shape index (κ1) is 16.8. The number of aliphatic hydroxyl groups excluding tert-OH is 1. The van der Waals surface area contributed by atoms with Crippen molar-refractivity contribution < 1.29 is 18.6 Å². The van der Waals surface area contributed by atoms with Crippen LogP contribution in [0.2, 0.25) is 0 Å². The number of hydrogen-bond donors (Lipinski definition) is 2. The fourth-order valence-corrected chi connectivity index (χ4v) is 3.50. The topological polar surface area (TPSA) is 44.7 Å². The van der Waals surface area contributed by atoms with Crippen LogP contribution in [0, 0.1) is 11.6 Å². The van der Waals surface area contributed by atoms with Crippen LogP contribution in [-0.2, 0) is 17.7 Å². The summed E-state index contributed by atoms with van der Waals surface area (Å²) in [6.07, 6.45) is 1.85. The molecule has 2 saturated heterocycles. The molecule has 2 N–H and O–H groups in total. The summed E-state index contributed by atoms with van der Waals surface area (Å²) in [6, 6.07) is 2.80. The largest absolute Gasteiger partial charge is 0.396 e. The lowest BCUT2D eigenvalue weighted by molar-refractivity contribution is -0.101. The first-order valence-electron chi connectivity index (χ1n) is 8.27. The Morgan fingerprint density at radius 1 is 1.26 bits per heavy atom. The van der Waals surface area contributed by atoms with Crippen LogP contribution in [-0.4, -0.2) is 55.0 Å². The van der Waals surface area contributed by atoms with Gasteiger partial charge in [-0.15, -0.1) is 0 Å². The molecule has 2 fully saturated rings. The molecule has 1 spiro atoms. The van der Waals surface area contributed by atoms with Gasteiger partial charge in [0.15, 0.2) is 0 Å². The van der Waals surface area contributed by atoms with Gasteiger partial charge in [0.05, 0.1) is 12.2 Å². The zero-order valence-electron chi connectivity index (χ0n) is 13.3. The highest BCUT2D eigenvalue weighted by molar-refractivity contribution is 5.28. The minimum Gasteiger partial charge on any atom is -0.396 e. The number of nitrogens with zero attached hydrogens (tertiary/aromatic N) is 1. The molecule has 0 aliphatic carbocycles. The predicted octanol–water partition coefficient (Wildman–Crippen LogP) is 1.45. The second-order valence-corrected chi connectivity index (χ2v) is 6.46. The van der Waals surface area contributed by atoms with Crippen LogP contribution in [0.15, 0.2) is 12.1 Å². The zero-order chi connectivity index (χ0) is 16.3. The van der Waals surface area contributed by atoms with E-state index in [1.165, 1.54) is 12.1 Å². The highest BCUT2D eigenvalue weighted by Crippen LogP contribution is 2.29. The summed E-state index contributed by atoms with van der Waals surface area (Å²) in [6.45, 7) is 4.42. The number of nitrogens with one attached hydrogen (secondary N) is 1. The predicted molar refractivity (Wildman–Crippen MR) is 83.2 cm³/mol. The molecule has 3 rings (SSSR count). The Kier molecular flexibility index (Phi) is 5.26. The molecule has 0 unspecified atom stereocenters. The number of likely N-dealkylation sites (tertiary alicyclic amines) is 1. The van der Waals surface area contributed by atoms with Crippen molar-refractivity contribution in [1.82, 2.24) is 10.2 Å². The summed E-state index contributed by atoms with van der Waals surface area (Å²) in [5.41, 5.74) is 0.407. The van der Waals surface area contributed by atoms with Gasteiger partial charge in [-0.25, -0.2) is 8.78 Å². The minimum atomic E-state index is -0.584. The number of ether oxygens (including phenoxy) is 1. The fraction of sp³-hybridized carbons (Fsp3) is 0.647. The van der Waals surface area contributed by atoms with Gasteiger partial charge >= 0.3 is 0 Å². The van der Waals surface area contributed by atoms with E-state index in [0.29, 0.717) is 12.1 Å². The third-order valence-corrected chi connectivity index (χ3v) is 4.92. The third kappa shape index (κ3) is 3.71. The van der Waals surface area contributed by atoms with E-state index < -0.39 is 11.6 Å². The normalized spacial score (nSPS) is 21.7. The van der Waals surface area contributed by atoms with Crippen molar-refractivity contribution in [3.63, 3.8) is 0 Å². The zero-order valence-corrected chi connectivity index (χ0v) is 13.3. The lowest BCUT2D eigenvalue weighted by atomic mass is 9.89. The molecule has 23 heavy (non-hydrogen) atoms. The summed E-state index contributed by atoms with van der Waals surface area (Å²) < 4.78 is 34.0. The highest BCUT2D eigenvalue weighted by Gasteiger charge is 2.37. The molecule has 0 saturated carbocycles. The molecule has 128 valence electrons. The lowest BCUT2D eigenvalue weighted by Gasteiger charge is -2.44. The van der Waals surface area contributed by atoms with E-state index in [1.54, 1.807) is 0 Å². The molecule has 0 radical (unpaired) electrons. The SMILES string of the molecule is OCCc1c(F)ccc(CN2CCC3(CC2)CNCCO3)c1F. The summed E-state index contributed by atoms with van der Waals surface area (Å²) in [5, 5.41) is 12.3. The molecule has 1 aromatic carbocycles. The van der Waals surface area contributed by atoms with Crippen molar-refractivity contribution in [2.24, 2.45) is 0 Å². The molecular weight excluding hydrogens is 302 g/mol. The van der Waals surface area contributed by atoms with Gasteiger partial charge in [-0.3, -0.25) is 4.90 Å². The molecule has 0 aromatic heterocycles. The number of benzene rings is 1. The van der Waals surface area contributed by atoms with Crippen LogP contribution in [0.5, 0.6) is 0 Å². The molecule has 2 aliphatic rings. The van der Waals surface area contributed by atoms with Gasteiger partial charge in [0.2, 0.25) is 0 Å². The molecule has 0 bridgehead atoms. The smallest absolute Gasteiger partial charge is 0.133 e. The second-order valence-electron chi connectivity index (χ2n) is 6.46. The van der Waals surface area contributed by atoms with E-state index >= 15 is 0 Å². The third-order valence-electron chi connectivity index (χ3n) is 4.92. The summed E-state index contributed by atoms with van der Waals surface area (Å²) in [4.78, 5) is 2.18. The number of aliphatic hydroxyl groups is 1. The van der Waals surface area contributed by atoms with Crippen molar-refractivity contribution in [3.8, 4) is 0 Å². The molecule has 1 aromatic rings. The van der Waals surface area contributed by atoms with Crippen molar-refractivity contribution in [1.29, 1.82) is 0 Å². The van der Waals surface area contributed by atoms with Crippen LogP contribution < -0.4 is 5.32 Å². The molecule has 0 atom stereocenters. The van der Waals surface area contributed by atoms with Crippen LogP contribution in [0.1, 0.15) is 24.0 Å². The maximum Gasteiger partial charge on any atom is 0.133 e. The maximum absolute atomic E-state index is 14.4. The average Bonchev–Trinajstić information content (AvgIpc) is 2.57. The van der Waals surface area contributed by atoms with E-state index in [1.807, 2.05) is 0 Å². The van der Waals surface area contributed by atoms with Crippen LogP contribution in [0.3, 0.4) is 0 Å². The Morgan fingerprint density at radius 2 is 2.04 bits per heavy atom. The van der Waals surface area contributed by atoms with Gasteiger partial charge in [-0.2, -0.15) is 0 Å². The Morgan fingerprint density at radius 3 is 2.70 bits per heavy atom. The number of rotatable bonds is 4. The van der Waals surface area contributed by atoms with Crippen LogP contribution >= 0.6 is 0 Å². The fourth-order valence-electron chi connectivity index (χ4n) is 3.50. The maximum atomic E-state index is 14.4. The lowest BCUT2D eigenvalue weighted by Crippen LogP contribution is -2.55. The van der Waals surface area contributed by atoms with E-state index in [2.05, 4.69) is 10.2 Å². The Labute approximate surface area is 135 Å². The average molecular weight is 326 g/mol. The quantitative estimate of drug-likeness (QED) is 0.879. The molecule has 6 heteroatoms. The van der Waals surface area contributed by atoms with Gasteiger partial charge in [0.1, 0.15) is 11.6 Å². The van der Waals surface area contributed by atoms with Gasteiger partial charge in [0, 0.05) is 56.9 Å². The minimum absolute atomic E-state index is 0.00806.